The van der Waals surface area contributed by atoms with E-state index in [1.165, 1.54) is 12.8 Å². The van der Waals surface area contributed by atoms with Gasteiger partial charge in [-0.15, -0.1) is 0 Å². The van der Waals surface area contributed by atoms with Gasteiger partial charge in [0.05, 0.1) is 12.8 Å². The second kappa shape index (κ2) is 6.16. The first-order chi connectivity index (χ1) is 9.51. The third kappa shape index (κ3) is 3.24. The number of ether oxygens (including phenoxy) is 1. The molecule has 1 fully saturated rings. The van der Waals surface area contributed by atoms with E-state index in [4.69, 9.17) is 10.5 Å². The van der Waals surface area contributed by atoms with Crippen LogP contribution in [-0.4, -0.2) is 19.1 Å². The van der Waals surface area contributed by atoms with Crippen LogP contribution in [0.15, 0.2) is 18.2 Å². The smallest absolute Gasteiger partial charge is 0.248 e. The van der Waals surface area contributed by atoms with Crippen LogP contribution in [0.5, 0.6) is 5.75 Å². The predicted octanol–water partition coefficient (Wildman–Crippen LogP) is 3.03. The summed E-state index contributed by atoms with van der Waals surface area (Å²) in [6.07, 6.45) is 3.61. The molecule has 1 aromatic rings. The fraction of sp³-hybridized carbons (Fsp3) is 0.562. The van der Waals surface area contributed by atoms with E-state index in [0.29, 0.717) is 17.5 Å². The Labute approximate surface area is 120 Å². The van der Waals surface area contributed by atoms with Gasteiger partial charge in [0, 0.05) is 11.6 Å². The quantitative estimate of drug-likeness (QED) is 0.888. The third-order valence-electron chi connectivity index (χ3n) is 4.26. The fourth-order valence-corrected chi connectivity index (χ4v) is 3.05. The van der Waals surface area contributed by atoms with Crippen LogP contribution in [0.1, 0.15) is 43.5 Å². The molecule has 0 saturated heterocycles. The average molecular weight is 276 g/mol. The SMILES string of the molecule is COc1ccc(C(N)=O)cc1NC1CCC(C)CC1C. The number of anilines is 1. The molecule has 0 radical (unpaired) electrons. The minimum Gasteiger partial charge on any atom is -0.495 e. The maximum atomic E-state index is 11.3. The summed E-state index contributed by atoms with van der Waals surface area (Å²) >= 11 is 0. The van der Waals surface area contributed by atoms with Crippen LogP contribution in [-0.2, 0) is 0 Å². The Morgan fingerprint density at radius 2 is 2.10 bits per heavy atom. The predicted molar refractivity (Wildman–Crippen MR) is 81.1 cm³/mol. The van der Waals surface area contributed by atoms with Crippen LogP contribution in [0.3, 0.4) is 0 Å². The summed E-state index contributed by atoms with van der Waals surface area (Å²) in [7, 11) is 1.64. The number of primary amides is 1. The van der Waals surface area contributed by atoms with Gasteiger partial charge in [-0.2, -0.15) is 0 Å². The summed E-state index contributed by atoms with van der Waals surface area (Å²) in [5.41, 5.74) is 6.71. The Morgan fingerprint density at radius 3 is 2.70 bits per heavy atom. The van der Waals surface area contributed by atoms with Crippen molar-refractivity contribution in [2.24, 2.45) is 17.6 Å². The van der Waals surface area contributed by atoms with Crippen molar-refractivity contribution in [2.45, 2.75) is 39.2 Å². The summed E-state index contributed by atoms with van der Waals surface area (Å²) in [4.78, 5) is 11.3. The highest BCUT2D eigenvalue weighted by Gasteiger charge is 2.26. The second-order valence-electron chi connectivity index (χ2n) is 5.93. The molecular formula is C16H24N2O2. The number of amides is 1. The Kier molecular flexibility index (Phi) is 4.53. The lowest BCUT2D eigenvalue weighted by Gasteiger charge is -2.34. The summed E-state index contributed by atoms with van der Waals surface area (Å²) in [6, 6.07) is 5.69. The number of hydrogen-bond donors (Lipinski definition) is 2. The molecule has 2 rings (SSSR count). The van der Waals surface area contributed by atoms with Gasteiger partial charge in [0.1, 0.15) is 5.75 Å². The number of nitrogens with one attached hydrogen (secondary N) is 1. The zero-order valence-corrected chi connectivity index (χ0v) is 12.5. The van der Waals surface area contributed by atoms with E-state index in [9.17, 15) is 4.79 Å². The molecule has 0 bridgehead atoms. The highest BCUT2D eigenvalue weighted by atomic mass is 16.5. The molecule has 20 heavy (non-hydrogen) atoms. The van der Waals surface area contributed by atoms with Gasteiger partial charge in [-0.3, -0.25) is 4.79 Å². The van der Waals surface area contributed by atoms with Gasteiger partial charge in [-0.1, -0.05) is 13.8 Å². The largest absolute Gasteiger partial charge is 0.495 e. The van der Waals surface area contributed by atoms with Gasteiger partial charge in [-0.05, 0) is 49.3 Å². The number of carbonyl (C=O) groups excluding carboxylic acids is 1. The lowest BCUT2D eigenvalue weighted by molar-refractivity contribution is 0.100. The van der Waals surface area contributed by atoms with E-state index in [1.807, 2.05) is 0 Å². The van der Waals surface area contributed by atoms with Crippen molar-refractivity contribution in [3.05, 3.63) is 23.8 Å². The molecule has 4 nitrogen and oxygen atoms in total. The fourth-order valence-electron chi connectivity index (χ4n) is 3.05. The van der Waals surface area contributed by atoms with Crippen LogP contribution in [0.25, 0.3) is 0 Å². The van der Waals surface area contributed by atoms with Gasteiger partial charge in [0.25, 0.3) is 0 Å². The van der Waals surface area contributed by atoms with Crippen LogP contribution in [0.4, 0.5) is 5.69 Å². The second-order valence-corrected chi connectivity index (χ2v) is 5.93. The summed E-state index contributed by atoms with van der Waals surface area (Å²) in [5, 5.41) is 3.53. The minimum absolute atomic E-state index is 0.416. The molecule has 110 valence electrons. The van der Waals surface area contributed by atoms with Crippen molar-refractivity contribution < 1.29 is 9.53 Å². The Bertz CT molecular complexity index is 487. The molecule has 1 saturated carbocycles. The summed E-state index contributed by atoms with van der Waals surface area (Å²) in [6.45, 7) is 4.58. The monoisotopic (exact) mass is 276 g/mol. The molecule has 1 amide bonds. The Hall–Kier alpha value is -1.71. The van der Waals surface area contributed by atoms with Gasteiger partial charge in [0.15, 0.2) is 0 Å². The molecule has 0 aliphatic heterocycles. The van der Waals surface area contributed by atoms with Crippen molar-refractivity contribution in [2.75, 3.05) is 12.4 Å². The van der Waals surface area contributed by atoms with E-state index in [2.05, 4.69) is 19.2 Å². The Morgan fingerprint density at radius 1 is 1.35 bits per heavy atom. The molecule has 0 aromatic heterocycles. The number of benzene rings is 1. The maximum Gasteiger partial charge on any atom is 0.248 e. The zero-order chi connectivity index (χ0) is 14.7. The van der Waals surface area contributed by atoms with Gasteiger partial charge in [-0.25, -0.2) is 0 Å². The van der Waals surface area contributed by atoms with Crippen molar-refractivity contribution in [1.82, 2.24) is 0 Å². The third-order valence-corrected chi connectivity index (χ3v) is 4.26. The molecule has 1 aliphatic rings. The molecular weight excluding hydrogens is 252 g/mol. The zero-order valence-electron chi connectivity index (χ0n) is 12.5. The number of rotatable bonds is 4. The van der Waals surface area contributed by atoms with E-state index >= 15 is 0 Å². The average Bonchev–Trinajstić information content (AvgIpc) is 2.41. The van der Waals surface area contributed by atoms with E-state index in [1.54, 1.807) is 25.3 Å². The number of methoxy groups -OCH3 is 1. The topological polar surface area (TPSA) is 64.3 Å². The maximum absolute atomic E-state index is 11.3. The molecule has 4 heteroatoms. The van der Waals surface area contributed by atoms with Crippen LogP contribution < -0.4 is 15.8 Å². The minimum atomic E-state index is -0.416. The van der Waals surface area contributed by atoms with Gasteiger partial charge in [0.2, 0.25) is 5.91 Å². The highest BCUT2D eigenvalue weighted by Crippen LogP contribution is 2.33. The molecule has 0 spiro atoms. The van der Waals surface area contributed by atoms with E-state index in [0.717, 1.165) is 23.8 Å². The van der Waals surface area contributed by atoms with Crippen molar-refractivity contribution in [3.8, 4) is 5.75 Å². The van der Waals surface area contributed by atoms with Gasteiger partial charge >= 0.3 is 0 Å². The molecule has 3 N–H and O–H groups in total. The first-order valence-electron chi connectivity index (χ1n) is 7.25. The van der Waals surface area contributed by atoms with Crippen LogP contribution >= 0.6 is 0 Å². The van der Waals surface area contributed by atoms with Crippen LogP contribution in [0, 0.1) is 11.8 Å². The van der Waals surface area contributed by atoms with Gasteiger partial charge < -0.3 is 15.8 Å². The van der Waals surface area contributed by atoms with E-state index in [-0.39, 0.29) is 0 Å². The number of carbonyl (C=O) groups is 1. The van der Waals surface area contributed by atoms with Crippen molar-refractivity contribution in [1.29, 1.82) is 0 Å². The molecule has 1 aliphatic carbocycles. The van der Waals surface area contributed by atoms with Crippen molar-refractivity contribution >= 4 is 11.6 Å². The molecule has 3 unspecified atom stereocenters. The molecule has 3 atom stereocenters. The summed E-state index contributed by atoms with van der Waals surface area (Å²) < 4.78 is 5.36. The normalized spacial score (nSPS) is 26.1. The molecule has 1 aromatic carbocycles. The van der Waals surface area contributed by atoms with E-state index < -0.39 is 5.91 Å². The van der Waals surface area contributed by atoms with Crippen molar-refractivity contribution in [3.63, 3.8) is 0 Å². The lowest BCUT2D eigenvalue weighted by Crippen LogP contribution is -2.33. The Balaban J connectivity index is 2.18. The lowest BCUT2D eigenvalue weighted by atomic mass is 9.80. The highest BCUT2D eigenvalue weighted by molar-refractivity contribution is 5.94. The summed E-state index contributed by atoms with van der Waals surface area (Å²) in [5.74, 6) is 1.74. The molecule has 0 heterocycles. The first-order valence-corrected chi connectivity index (χ1v) is 7.25. The first kappa shape index (κ1) is 14.7. The standard InChI is InChI=1S/C16H24N2O2/c1-10-4-6-13(11(2)8-10)18-14-9-12(16(17)19)5-7-15(14)20-3/h5,7,9-11,13,18H,4,6,8H2,1-3H3,(H2,17,19). The number of hydrogen-bond acceptors (Lipinski definition) is 3. The number of nitrogens with two attached hydrogens (primary N) is 1. The van der Waals surface area contributed by atoms with Crippen LogP contribution in [0.2, 0.25) is 0 Å².